The Labute approximate surface area is 90.0 Å². The zero-order valence-electron chi connectivity index (χ0n) is 6.85. The fourth-order valence-electron chi connectivity index (χ4n) is 1.42. The minimum atomic E-state index is -0.766. The number of β-amino-alcohol motifs (C(OH)–C–C–N with tert-alkyl or cyclic N) is 1. The van der Waals surface area contributed by atoms with Crippen molar-refractivity contribution in [3.8, 4) is 0 Å². The van der Waals surface area contributed by atoms with E-state index < -0.39 is 5.60 Å². The molecule has 1 aliphatic heterocycles. The van der Waals surface area contributed by atoms with Crippen LogP contribution in [-0.4, -0.2) is 18.2 Å². The van der Waals surface area contributed by atoms with Crippen LogP contribution in [0.25, 0.3) is 0 Å². The molecule has 1 fully saturated rings. The van der Waals surface area contributed by atoms with Crippen molar-refractivity contribution in [3.63, 3.8) is 0 Å². The van der Waals surface area contributed by atoms with Gasteiger partial charge in [-0.3, -0.25) is 0 Å². The zero-order chi connectivity index (χ0) is 9.47. The Bertz CT molecular complexity index is 338. The lowest BCUT2D eigenvalue weighted by molar-refractivity contribution is -0.0145. The smallest absolute Gasteiger partial charge is 0.116 e. The highest BCUT2D eigenvalue weighted by atomic mass is 79.9. The van der Waals surface area contributed by atoms with Crippen LogP contribution >= 0.6 is 27.5 Å². The average Bonchev–Trinajstić information content (AvgIpc) is 2.00. The van der Waals surface area contributed by atoms with E-state index in [1.807, 2.05) is 12.1 Å². The van der Waals surface area contributed by atoms with E-state index in [2.05, 4.69) is 21.2 Å². The molecule has 0 bridgehead atoms. The van der Waals surface area contributed by atoms with Crippen LogP contribution in [0.2, 0.25) is 5.02 Å². The highest BCUT2D eigenvalue weighted by Crippen LogP contribution is 2.32. The van der Waals surface area contributed by atoms with E-state index in [-0.39, 0.29) is 0 Å². The molecule has 1 saturated heterocycles. The van der Waals surface area contributed by atoms with Crippen LogP contribution in [0, 0.1) is 0 Å². The Balaban J connectivity index is 2.40. The van der Waals surface area contributed by atoms with Gasteiger partial charge in [-0.25, -0.2) is 0 Å². The van der Waals surface area contributed by atoms with Crippen LogP contribution in [0.3, 0.4) is 0 Å². The number of hydrogen-bond donors (Lipinski definition) is 2. The first kappa shape index (κ1) is 9.46. The maximum absolute atomic E-state index is 9.99. The average molecular weight is 263 g/mol. The van der Waals surface area contributed by atoms with E-state index >= 15 is 0 Å². The summed E-state index contributed by atoms with van der Waals surface area (Å²) in [4.78, 5) is 0. The highest BCUT2D eigenvalue weighted by molar-refractivity contribution is 9.10. The molecular weight excluding hydrogens is 253 g/mol. The summed E-state index contributed by atoms with van der Waals surface area (Å²) in [6, 6.07) is 5.54. The van der Waals surface area contributed by atoms with E-state index in [0.29, 0.717) is 18.1 Å². The summed E-state index contributed by atoms with van der Waals surface area (Å²) < 4.78 is 0.928. The molecule has 1 aromatic rings. The van der Waals surface area contributed by atoms with Gasteiger partial charge in [0.05, 0.1) is 0 Å². The van der Waals surface area contributed by atoms with Crippen LogP contribution in [0.15, 0.2) is 22.7 Å². The lowest BCUT2D eigenvalue weighted by Gasteiger charge is -2.38. The summed E-state index contributed by atoms with van der Waals surface area (Å²) in [5.74, 6) is 0. The number of aliphatic hydroxyl groups is 1. The Morgan fingerprint density at radius 1 is 1.46 bits per heavy atom. The van der Waals surface area contributed by atoms with Gasteiger partial charge in [0.1, 0.15) is 5.60 Å². The third-order valence-electron chi connectivity index (χ3n) is 2.27. The van der Waals surface area contributed by atoms with Gasteiger partial charge in [0, 0.05) is 28.1 Å². The minimum Gasteiger partial charge on any atom is -0.382 e. The summed E-state index contributed by atoms with van der Waals surface area (Å²) in [6.45, 7) is 1.16. The standard InChI is InChI=1S/C9H9BrClNO/c10-6-1-2-7(8(11)3-6)9(13)4-12-5-9/h1-3,12-13H,4-5H2. The number of nitrogens with one attached hydrogen (secondary N) is 1. The van der Waals surface area contributed by atoms with Crippen molar-refractivity contribution >= 4 is 27.5 Å². The van der Waals surface area contributed by atoms with Crippen molar-refractivity contribution in [1.29, 1.82) is 0 Å². The Hall–Kier alpha value is -0.0900. The molecule has 2 rings (SSSR count). The monoisotopic (exact) mass is 261 g/mol. The molecule has 0 unspecified atom stereocenters. The molecule has 1 aromatic carbocycles. The number of rotatable bonds is 1. The van der Waals surface area contributed by atoms with Gasteiger partial charge in [0.25, 0.3) is 0 Å². The van der Waals surface area contributed by atoms with E-state index in [0.717, 1.165) is 10.0 Å². The van der Waals surface area contributed by atoms with Gasteiger partial charge in [-0.05, 0) is 12.1 Å². The summed E-state index contributed by atoms with van der Waals surface area (Å²) in [5.41, 5.74) is 0.0359. The van der Waals surface area contributed by atoms with Gasteiger partial charge in [0.15, 0.2) is 0 Å². The van der Waals surface area contributed by atoms with Gasteiger partial charge in [-0.1, -0.05) is 33.6 Å². The molecule has 0 amide bonds. The first-order valence-corrected chi connectivity index (χ1v) is 5.17. The molecule has 0 atom stereocenters. The first-order valence-electron chi connectivity index (χ1n) is 4.00. The van der Waals surface area contributed by atoms with Gasteiger partial charge < -0.3 is 10.4 Å². The van der Waals surface area contributed by atoms with Crippen LogP contribution in [0.5, 0.6) is 0 Å². The van der Waals surface area contributed by atoms with E-state index in [1.54, 1.807) is 6.07 Å². The van der Waals surface area contributed by atoms with Gasteiger partial charge in [-0.2, -0.15) is 0 Å². The molecule has 0 spiro atoms. The van der Waals surface area contributed by atoms with Crippen LogP contribution in [-0.2, 0) is 5.60 Å². The van der Waals surface area contributed by atoms with E-state index in [9.17, 15) is 5.11 Å². The van der Waals surface area contributed by atoms with E-state index in [4.69, 9.17) is 11.6 Å². The van der Waals surface area contributed by atoms with Crippen molar-refractivity contribution in [2.24, 2.45) is 0 Å². The summed E-state index contributed by atoms with van der Waals surface area (Å²) >= 11 is 9.33. The van der Waals surface area contributed by atoms with Crippen molar-refractivity contribution < 1.29 is 5.11 Å². The van der Waals surface area contributed by atoms with E-state index in [1.165, 1.54) is 0 Å². The predicted molar refractivity (Wildman–Crippen MR) is 55.9 cm³/mol. The summed E-state index contributed by atoms with van der Waals surface area (Å²) in [6.07, 6.45) is 0. The Morgan fingerprint density at radius 2 is 2.15 bits per heavy atom. The number of benzene rings is 1. The Kier molecular flexibility index (Phi) is 2.36. The lowest BCUT2D eigenvalue weighted by Crippen LogP contribution is -2.56. The summed E-state index contributed by atoms with van der Waals surface area (Å²) in [5, 5.41) is 13.6. The van der Waals surface area contributed by atoms with Crippen molar-refractivity contribution in [1.82, 2.24) is 5.32 Å². The number of hydrogen-bond acceptors (Lipinski definition) is 2. The Morgan fingerprint density at radius 3 is 2.62 bits per heavy atom. The molecule has 0 aliphatic carbocycles. The summed E-state index contributed by atoms with van der Waals surface area (Å²) in [7, 11) is 0. The third kappa shape index (κ3) is 1.62. The second-order valence-electron chi connectivity index (χ2n) is 3.26. The van der Waals surface area contributed by atoms with Crippen LogP contribution in [0.1, 0.15) is 5.56 Å². The molecule has 4 heteroatoms. The normalized spacial score (nSPS) is 19.6. The first-order chi connectivity index (χ1) is 6.12. The third-order valence-corrected chi connectivity index (χ3v) is 3.07. The molecule has 1 aliphatic rings. The van der Waals surface area contributed by atoms with Crippen molar-refractivity contribution in [2.75, 3.05) is 13.1 Å². The minimum absolute atomic E-state index is 0.578. The molecule has 0 radical (unpaired) electrons. The van der Waals surface area contributed by atoms with Crippen LogP contribution in [0.4, 0.5) is 0 Å². The topological polar surface area (TPSA) is 32.3 Å². The molecular formula is C9H9BrClNO. The van der Waals surface area contributed by atoms with Gasteiger partial charge in [0.2, 0.25) is 0 Å². The van der Waals surface area contributed by atoms with Crippen molar-refractivity contribution in [3.05, 3.63) is 33.3 Å². The zero-order valence-corrected chi connectivity index (χ0v) is 9.19. The largest absolute Gasteiger partial charge is 0.382 e. The lowest BCUT2D eigenvalue weighted by atomic mass is 9.88. The maximum atomic E-state index is 9.99. The van der Waals surface area contributed by atoms with Crippen molar-refractivity contribution in [2.45, 2.75) is 5.60 Å². The number of halogens is 2. The molecule has 0 aromatic heterocycles. The molecule has 70 valence electrons. The fraction of sp³-hybridized carbons (Fsp3) is 0.333. The molecule has 2 nitrogen and oxygen atoms in total. The maximum Gasteiger partial charge on any atom is 0.116 e. The molecule has 13 heavy (non-hydrogen) atoms. The van der Waals surface area contributed by atoms with Gasteiger partial charge in [-0.15, -0.1) is 0 Å². The second kappa shape index (κ2) is 3.24. The molecule has 1 heterocycles. The highest BCUT2D eigenvalue weighted by Gasteiger charge is 2.37. The SMILES string of the molecule is OC1(c2ccc(Br)cc2Cl)CNC1. The predicted octanol–water partition coefficient (Wildman–Crippen LogP) is 1.89. The molecule has 2 N–H and O–H groups in total. The molecule has 0 saturated carbocycles. The second-order valence-corrected chi connectivity index (χ2v) is 4.58. The quantitative estimate of drug-likeness (QED) is 0.810. The fourth-order valence-corrected chi connectivity index (χ4v) is 2.27. The van der Waals surface area contributed by atoms with Gasteiger partial charge >= 0.3 is 0 Å². The van der Waals surface area contributed by atoms with Crippen LogP contribution < -0.4 is 5.32 Å².